The van der Waals surface area contributed by atoms with E-state index in [1.54, 1.807) is 0 Å². The molecule has 1 saturated heterocycles. The number of para-hydroxylation sites is 1. The number of thiazole rings is 1. The molecule has 5 rings (SSSR count). The number of fused-ring (bicyclic) bond motifs is 1. The average molecular weight is 478 g/mol. The molecule has 0 spiro atoms. The molecule has 0 aliphatic carbocycles. The van der Waals surface area contributed by atoms with Crippen molar-refractivity contribution in [2.75, 3.05) is 19.6 Å². The zero-order chi connectivity index (χ0) is 23.5. The van der Waals surface area contributed by atoms with E-state index in [9.17, 15) is 9.59 Å². The first kappa shape index (κ1) is 22.3. The number of amides is 2. The molecular formula is C25H27N5O3S. The number of carbonyl (C=O) groups is 2. The minimum absolute atomic E-state index is 0.0699. The minimum atomic E-state index is -0.135. The Hall–Kier alpha value is -3.46. The lowest BCUT2D eigenvalue weighted by molar-refractivity contribution is 0.0683. The third-order valence-corrected chi connectivity index (χ3v) is 7.37. The molecule has 9 heteroatoms. The van der Waals surface area contributed by atoms with E-state index in [0.717, 1.165) is 47.4 Å². The summed E-state index contributed by atoms with van der Waals surface area (Å²) in [5.41, 5.74) is 3.45. The number of rotatable bonds is 7. The second-order valence-corrected chi connectivity index (χ2v) is 9.56. The molecule has 1 aliphatic rings. The Labute approximate surface area is 201 Å². The van der Waals surface area contributed by atoms with Crippen molar-refractivity contribution in [3.63, 3.8) is 0 Å². The summed E-state index contributed by atoms with van der Waals surface area (Å²) in [6.45, 7) is 3.89. The maximum atomic E-state index is 12.9. The summed E-state index contributed by atoms with van der Waals surface area (Å²) in [6, 6.07) is 9.46. The van der Waals surface area contributed by atoms with E-state index < -0.39 is 0 Å². The summed E-state index contributed by atoms with van der Waals surface area (Å²) < 4.78 is 5.74. The molecule has 2 amide bonds. The maximum Gasteiger partial charge on any atom is 0.289 e. The summed E-state index contributed by atoms with van der Waals surface area (Å²) in [7, 11) is 0. The maximum absolute atomic E-state index is 12.9. The topological polar surface area (TPSA) is 104 Å². The predicted molar refractivity (Wildman–Crippen MR) is 130 cm³/mol. The number of piperidine rings is 1. The Kier molecular flexibility index (Phi) is 6.44. The van der Waals surface area contributed by atoms with Crippen LogP contribution in [0, 0.1) is 6.92 Å². The van der Waals surface area contributed by atoms with Gasteiger partial charge in [0.25, 0.3) is 11.8 Å². The molecule has 8 nitrogen and oxygen atoms in total. The quantitative estimate of drug-likeness (QED) is 0.386. The van der Waals surface area contributed by atoms with Crippen LogP contribution in [0.2, 0.25) is 0 Å². The number of hydrogen-bond donors (Lipinski definition) is 2. The molecular weight excluding hydrogens is 450 g/mol. The molecule has 0 atom stereocenters. The fourth-order valence-electron chi connectivity index (χ4n) is 4.35. The van der Waals surface area contributed by atoms with Crippen molar-refractivity contribution < 1.29 is 14.0 Å². The van der Waals surface area contributed by atoms with Gasteiger partial charge >= 0.3 is 0 Å². The van der Waals surface area contributed by atoms with Crippen LogP contribution in [0.4, 0.5) is 0 Å². The standard InChI is InChI=1S/C25H27N5O3S/c1-16-19(14-27-29-16)6-4-10-26-23(31)20-15-34-24(28-20)17-8-11-30(12-9-17)25(32)22-13-18-5-2-3-7-21(18)33-22/h2-3,5,7,13-15,17H,4,6,8-12H2,1H3,(H,26,31)(H,27,29). The molecule has 1 aliphatic heterocycles. The molecule has 0 radical (unpaired) electrons. The first-order valence-electron chi connectivity index (χ1n) is 11.6. The van der Waals surface area contributed by atoms with E-state index in [1.165, 1.54) is 16.9 Å². The summed E-state index contributed by atoms with van der Waals surface area (Å²) in [5, 5.41) is 13.6. The summed E-state index contributed by atoms with van der Waals surface area (Å²) in [6.07, 6.45) is 5.20. The van der Waals surface area contributed by atoms with Crippen molar-refractivity contribution in [2.24, 2.45) is 0 Å². The SMILES string of the molecule is Cc1[nH]ncc1CCCNC(=O)c1csc(C2CCN(C(=O)c3cc4ccccc4o3)CC2)n1. The van der Waals surface area contributed by atoms with Gasteiger partial charge in [-0.2, -0.15) is 5.10 Å². The predicted octanol–water partition coefficient (Wildman–Crippen LogP) is 4.30. The van der Waals surface area contributed by atoms with E-state index in [2.05, 4.69) is 20.5 Å². The fraction of sp³-hybridized carbons (Fsp3) is 0.360. The highest BCUT2D eigenvalue weighted by Gasteiger charge is 2.28. The summed E-state index contributed by atoms with van der Waals surface area (Å²) >= 11 is 1.53. The van der Waals surface area contributed by atoms with Gasteiger partial charge in [0.05, 0.1) is 11.2 Å². The molecule has 3 aromatic heterocycles. The van der Waals surface area contributed by atoms with Crippen molar-refractivity contribution in [3.05, 3.63) is 69.6 Å². The molecule has 4 aromatic rings. The van der Waals surface area contributed by atoms with Gasteiger partial charge in [-0.25, -0.2) is 4.98 Å². The van der Waals surface area contributed by atoms with Crippen LogP contribution >= 0.6 is 11.3 Å². The van der Waals surface area contributed by atoms with Crippen molar-refractivity contribution in [2.45, 2.75) is 38.5 Å². The summed E-state index contributed by atoms with van der Waals surface area (Å²) in [4.78, 5) is 31.8. The zero-order valence-corrected chi connectivity index (χ0v) is 19.9. The monoisotopic (exact) mass is 477 g/mol. The molecule has 0 unspecified atom stereocenters. The molecule has 1 fully saturated rings. The number of furan rings is 1. The molecule has 1 aromatic carbocycles. The van der Waals surface area contributed by atoms with Crippen LogP contribution in [0.3, 0.4) is 0 Å². The highest BCUT2D eigenvalue weighted by atomic mass is 32.1. The smallest absolute Gasteiger partial charge is 0.289 e. The van der Waals surface area contributed by atoms with Gasteiger partial charge in [-0.05, 0) is 50.3 Å². The Morgan fingerprint density at radius 2 is 2.09 bits per heavy atom. The number of aromatic amines is 1. The fourth-order valence-corrected chi connectivity index (χ4v) is 5.32. The van der Waals surface area contributed by atoms with Crippen LogP contribution in [0.25, 0.3) is 11.0 Å². The van der Waals surface area contributed by atoms with Gasteiger partial charge < -0.3 is 14.6 Å². The first-order chi connectivity index (χ1) is 16.6. The number of aryl methyl sites for hydroxylation is 2. The number of aromatic nitrogens is 3. The van der Waals surface area contributed by atoms with Gasteiger partial charge in [0.15, 0.2) is 5.76 Å². The van der Waals surface area contributed by atoms with E-state index in [4.69, 9.17) is 4.42 Å². The van der Waals surface area contributed by atoms with Crippen molar-refractivity contribution in [3.8, 4) is 0 Å². The Balaban J connectivity index is 1.11. The van der Waals surface area contributed by atoms with E-state index >= 15 is 0 Å². The molecule has 34 heavy (non-hydrogen) atoms. The third-order valence-electron chi connectivity index (χ3n) is 6.37. The van der Waals surface area contributed by atoms with Crippen LogP contribution < -0.4 is 5.32 Å². The lowest BCUT2D eigenvalue weighted by Crippen LogP contribution is -2.37. The lowest BCUT2D eigenvalue weighted by atomic mass is 9.97. The highest BCUT2D eigenvalue weighted by Crippen LogP contribution is 2.31. The average Bonchev–Trinajstić information content (AvgIpc) is 3.61. The number of carbonyl (C=O) groups excluding carboxylic acids is 2. The normalized spacial score (nSPS) is 14.6. The molecule has 0 saturated carbocycles. The van der Waals surface area contributed by atoms with Gasteiger partial charge in [-0.1, -0.05) is 18.2 Å². The van der Waals surface area contributed by atoms with E-state index in [1.807, 2.05) is 53.7 Å². The second kappa shape index (κ2) is 9.80. The second-order valence-electron chi connectivity index (χ2n) is 8.67. The Morgan fingerprint density at radius 1 is 1.26 bits per heavy atom. The van der Waals surface area contributed by atoms with E-state index in [-0.39, 0.29) is 17.7 Å². The van der Waals surface area contributed by atoms with Crippen LogP contribution in [-0.2, 0) is 6.42 Å². The number of likely N-dealkylation sites (tertiary alicyclic amines) is 1. The molecule has 176 valence electrons. The number of nitrogens with one attached hydrogen (secondary N) is 2. The number of H-pyrrole nitrogens is 1. The van der Waals surface area contributed by atoms with Crippen LogP contribution in [-0.4, -0.2) is 51.5 Å². The molecule has 4 heterocycles. The van der Waals surface area contributed by atoms with Gasteiger partial charge in [-0.3, -0.25) is 14.7 Å². The molecule has 2 N–H and O–H groups in total. The highest BCUT2D eigenvalue weighted by molar-refractivity contribution is 7.09. The third kappa shape index (κ3) is 4.75. The van der Waals surface area contributed by atoms with Crippen molar-refractivity contribution in [1.82, 2.24) is 25.4 Å². The van der Waals surface area contributed by atoms with Crippen LogP contribution in [0.1, 0.15) is 62.5 Å². The molecule has 0 bridgehead atoms. The van der Waals surface area contributed by atoms with Gasteiger partial charge in [0, 0.05) is 42.0 Å². The zero-order valence-electron chi connectivity index (χ0n) is 19.0. The minimum Gasteiger partial charge on any atom is -0.451 e. The lowest BCUT2D eigenvalue weighted by Gasteiger charge is -2.30. The van der Waals surface area contributed by atoms with Crippen LogP contribution in [0.15, 0.2) is 46.3 Å². The van der Waals surface area contributed by atoms with E-state index in [0.29, 0.717) is 31.1 Å². The largest absolute Gasteiger partial charge is 0.451 e. The summed E-state index contributed by atoms with van der Waals surface area (Å²) in [5.74, 6) is 0.439. The van der Waals surface area contributed by atoms with Gasteiger partial charge in [0.2, 0.25) is 0 Å². The Bertz CT molecular complexity index is 1270. The Morgan fingerprint density at radius 3 is 2.85 bits per heavy atom. The van der Waals surface area contributed by atoms with Crippen molar-refractivity contribution >= 4 is 34.1 Å². The van der Waals surface area contributed by atoms with Crippen molar-refractivity contribution in [1.29, 1.82) is 0 Å². The number of hydrogen-bond acceptors (Lipinski definition) is 6. The first-order valence-corrected chi connectivity index (χ1v) is 12.5. The van der Waals surface area contributed by atoms with Gasteiger partial charge in [0.1, 0.15) is 11.3 Å². The number of benzene rings is 1. The van der Waals surface area contributed by atoms with Gasteiger partial charge in [-0.15, -0.1) is 11.3 Å². The number of nitrogens with zero attached hydrogens (tertiary/aromatic N) is 3. The van der Waals surface area contributed by atoms with Crippen LogP contribution in [0.5, 0.6) is 0 Å².